The van der Waals surface area contributed by atoms with Gasteiger partial charge in [-0.15, -0.1) is 0 Å². The molecule has 0 rings (SSSR count). The van der Waals surface area contributed by atoms with Crippen LogP contribution in [0.2, 0.25) is 0 Å². The van der Waals surface area contributed by atoms with Crippen LogP contribution in [0.25, 0.3) is 0 Å². The lowest BCUT2D eigenvalue weighted by molar-refractivity contribution is -0.138. The minimum Gasteiger partial charge on any atom is -0.462 e. The van der Waals surface area contributed by atoms with Crippen LogP contribution in [-0.4, -0.2) is 12.6 Å². The maximum Gasteiger partial charge on any atom is 0.339 e. The second-order valence-corrected chi connectivity index (χ2v) is 2.69. The van der Waals surface area contributed by atoms with E-state index in [1.807, 2.05) is 0 Å². The largest absolute Gasteiger partial charge is 0.462 e. The number of ether oxygens (including phenoxy) is 1. The van der Waals surface area contributed by atoms with Gasteiger partial charge in [-0.2, -0.15) is 0 Å². The average Bonchev–Trinajstić information content (AvgIpc) is 2.14. The van der Waals surface area contributed by atoms with E-state index in [9.17, 15) is 4.79 Å². The van der Waals surface area contributed by atoms with Gasteiger partial charge in [-0.3, -0.25) is 0 Å². The molecule has 0 bridgehead atoms. The molecule has 3 heteroatoms. The van der Waals surface area contributed by atoms with E-state index >= 15 is 0 Å². The highest BCUT2D eigenvalue weighted by atomic mass is 35.5. The number of allylic oxidation sites excluding steroid dienone is 4. The van der Waals surface area contributed by atoms with Crippen LogP contribution in [0.5, 0.6) is 0 Å². The summed E-state index contributed by atoms with van der Waals surface area (Å²) >= 11 is 5.83. The van der Waals surface area contributed by atoms with Crippen molar-refractivity contribution < 1.29 is 9.53 Å². The second-order valence-electron chi connectivity index (χ2n) is 2.29. The molecule has 0 saturated carbocycles. The molecule has 0 aliphatic heterocycles. The van der Waals surface area contributed by atoms with E-state index in [-0.39, 0.29) is 5.57 Å². The summed E-state index contributed by atoms with van der Waals surface area (Å²) < 4.78 is 4.81. The summed E-state index contributed by atoms with van der Waals surface area (Å²) in [6.07, 6.45) is 6.00. The van der Waals surface area contributed by atoms with Gasteiger partial charge in [-0.25, -0.2) is 4.79 Å². The minimum atomic E-state index is -0.462. The topological polar surface area (TPSA) is 26.3 Å². The van der Waals surface area contributed by atoms with Crippen molar-refractivity contribution in [1.29, 1.82) is 0 Å². The summed E-state index contributed by atoms with van der Waals surface area (Å²) in [5.74, 6) is -0.462. The van der Waals surface area contributed by atoms with Gasteiger partial charge in [-0.05, 0) is 19.1 Å². The molecule has 14 heavy (non-hydrogen) atoms. The molecular formula is C11H13ClO2. The smallest absolute Gasteiger partial charge is 0.339 e. The van der Waals surface area contributed by atoms with E-state index in [0.717, 1.165) is 0 Å². The van der Waals surface area contributed by atoms with Gasteiger partial charge >= 0.3 is 5.97 Å². The van der Waals surface area contributed by atoms with Crippen molar-refractivity contribution in [3.8, 4) is 0 Å². The highest BCUT2D eigenvalue weighted by molar-refractivity contribution is 6.35. The first-order chi connectivity index (χ1) is 6.67. The van der Waals surface area contributed by atoms with Gasteiger partial charge in [0.25, 0.3) is 0 Å². The van der Waals surface area contributed by atoms with Crippen LogP contribution in [0.4, 0.5) is 0 Å². The summed E-state index contributed by atoms with van der Waals surface area (Å²) in [5.41, 5.74) is 0.281. The molecule has 76 valence electrons. The highest BCUT2D eigenvalue weighted by Crippen LogP contribution is 2.16. The van der Waals surface area contributed by atoms with Crippen molar-refractivity contribution >= 4 is 17.6 Å². The lowest BCUT2D eigenvalue weighted by Crippen LogP contribution is -2.07. The van der Waals surface area contributed by atoms with Gasteiger partial charge in [0.1, 0.15) is 0 Å². The first kappa shape index (κ1) is 12.7. The van der Waals surface area contributed by atoms with Crippen LogP contribution in [0.1, 0.15) is 6.92 Å². The lowest BCUT2D eigenvalue weighted by Gasteiger charge is -2.04. The summed E-state index contributed by atoms with van der Waals surface area (Å²) in [4.78, 5) is 11.4. The zero-order chi connectivity index (χ0) is 11.0. The number of esters is 1. The molecule has 0 aliphatic rings. The van der Waals surface area contributed by atoms with Crippen LogP contribution in [0, 0.1) is 0 Å². The molecule has 0 spiro atoms. The van der Waals surface area contributed by atoms with Crippen molar-refractivity contribution in [2.24, 2.45) is 0 Å². The highest BCUT2D eigenvalue weighted by Gasteiger charge is 2.12. The van der Waals surface area contributed by atoms with Crippen LogP contribution < -0.4 is 0 Å². The Morgan fingerprint density at radius 1 is 1.36 bits per heavy atom. The van der Waals surface area contributed by atoms with E-state index in [1.165, 1.54) is 24.3 Å². The van der Waals surface area contributed by atoms with Crippen LogP contribution >= 0.6 is 11.6 Å². The van der Waals surface area contributed by atoms with Gasteiger partial charge in [0, 0.05) is 0 Å². The average molecular weight is 213 g/mol. The number of rotatable bonds is 5. The van der Waals surface area contributed by atoms with Crippen molar-refractivity contribution in [3.63, 3.8) is 0 Å². The molecule has 2 nitrogen and oxygen atoms in total. The standard InChI is InChI=1S/C11H13ClO2/c1-4-7-9(10(12)8-5-2)11(13)14-6-3/h4-5,7-8H,1-2,6H2,3H3/b9-7+,10-8+. The molecule has 0 radical (unpaired) electrons. The molecule has 0 aromatic rings. The number of halogens is 1. The molecule has 0 fully saturated rings. The van der Waals surface area contributed by atoms with E-state index in [1.54, 1.807) is 6.92 Å². The van der Waals surface area contributed by atoms with Gasteiger partial charge in [0.05, 0.1) is 17.2 Å². The fourth-order valence-corrected chi connectivity index (χ4v) is 0.994. The third-order valence-corrected chi connectivity index (χ3v) is 1.63. The molecule has 0 atom stereocenters. The summed E-state index contributed by atoms with van der Waals surface area (Å²) in [7, 11) is 0. The number of hydrogen-bond acceptors (Lipinski definition) is 2. The molecule has 0 aromatic carbocycles. The molecule has 0 N–H and O–H groups in total. The van der Waals surface area contributed by atoms with E-state index < -0.39 is 5.97 Å². The van der Waals surface area contributed by atoms with E-state index in [0.29, 0.717) is 11.6 Å². The Morgan fingerprint density at radius 3 is 2.36 bits per heavy atom. The lowest BCUT2D eigenvalue weighted by atomic mass is 10.2. The maximum absolute atomic E-state index is 11.4. The fourth-order valence-electron chi connectivity index (χ4n) is 0.765. The molecule has 0 saturated heterocycles. The predicted octanol–water partition coefficient (Wildman–Crippen LogP) is 2.97. The Hall–Kier alpha value is -1.28. The monoisotopic (exact) mass is 212 g/mol. The van der Waals surface area contributed by atoms with Crippen molar-refractivity contribution in [1.82, 2.24) is 0 Å². The Labute approximate surface area is 89.2 Å². The number of carbonyl (C=O) groups excluding carboxylic acids is 1. The van der Waals surface area contributed by atoms with E-state index in [4.69, 9.17) is 16.3 Å². The predicted molar refractivity (Wildman–Crippen MR) is 59.0 cm³/mol. The third kappa shape index (κ3) is 4.10. The zero-order valence-corrected chi connectivity index (χ0v) is 8.88. The summed E-state index contributed by atoms with van der Waals surface area (Å²) in [6.45, 7) is 9.01. The Kier molecular flexibility index (Phi) is 6.50. The zero-order valence-electron chi connectivity index (χ0n) is 8.13. The SMILES string of the molecule is C=C/C=C(C(=O)OCC)\C(Cl)=C/C=C. The summed E-state index contributed by atoms with van der Waals surface area (Å²) in [5, 5.41) is 0.290. The molecule has 0 unspecified atom stereocenters. The first-order valence-electron chi connectivity index (χ1n) is 4.15. The molecule has 0 amide bonds. The second kappa shape index (κ2) is 7.15. The molecule has 0 aromatic heterocycles. The van der Waals surface area contributed by atoms with Gasteiger partial charge in [0.2, 0.25) is 0 Å². The Morgan fingerprint density at radius 2 is 1.93 bits per heavy atom. The van der Waals surface area contributed by atoms with Gasteiger partial charge in [0.15, 0.2) is 0 Å². The maximum atomic E-state index is 11.4. The van der Waals surface area contributed by atoms with Gasteiger partial charge in [-0.1, -0.05) is 36.9 Å². The Bertz CT molecular complexity index is 288. The van der Waals surface area contributed by atoms with Crippen molar-refractivity contribution in [3.05, 3.63) is 48.1 Å². The molecular weight excluding hydrogens is 200 g/mol. The van der Waals surface area contributed by atoms with E-state index in [2.05, 4.69) is 13.2 Å². The fraction of sp³-hybridized carbons (Fsp3) is 0.182. The first-order valence-corrected chi connectivity index (χ1v) is 4.53. The number of carbonyl (C=O) groups is 1. The van der Waals surface area contributed by atoms with Crippen molar-refractivity contribution in [2.75, 3.05) is 6.61 Å². The van der Waals surface area contributed by atoms with Gasteiger partial charge < -0.3 is 4.74 Å². The van der Waals surface area contributed by atoms with Crippen LogP contribution in [-0.2, 0) is 9.53 Å². The Balaban J connectivity index is 4.86. The van der Waals surface area contributed by atoms with Crippen LogP contribution in [0.3, 0.4) is 0 Å². The van der Waals surface area contributed by atoms with Crippen molar-refractivity contribution in [2.45, 2.75) is 6.92 Å². The summed E-state index contributed by atoms with van der Waals surface area (Å²) in [6, 6.07) is 0. The molecule has 0 aliphatic carbocycles. The van der Waals surface area contributed by atoms with Crippen LogP contribution in [0.15, 0.2) is 48.1 Å². The normalized spacial score (nSPS) is 12.1. The quantitative estimate of drug-likeness (QED) is 0.398. The third-order valence-electron chi connectivity index (χ3n) is 1.30. The number of hydrogen-bond donors (Lipinski definition) is 0. The minimum absolute atomic E-state index is 0.281. The molecule has 0 heterocycles.